The molecule has 2 fully saturated rings. The van der Waals surface area contributed by atoms with E-state index in [4.69, 9.17) is 5.73 Å². The Labute approximate surface area is 88.4 Å². The molecule has 2 aliphatic carbocycles. The first-order valence-electron chi connectivity index (χ1n) is 6.56. The first kappa shape index (κ1) is 10.5. The first-order chi connectivity index (χ1) is 6.81. The summed E-state index contributed by atoms with van der Waals surface area (Å²) in [7, 11) is 0. The Morgan fingerprint density at radius 2 is 1.71 bits per heavy atom. The monoisotopic (exact) mass is 195 g/mol. The molecule has 0 radical (unpaired) electrons. The molecule has 0 aromatic carbocycles. The van der Waals surface area contributed by atoms with E-state index in [0.717, 1.165) is 17.8 Å². The first-order valence-corrected chi connectivity index (χ1v) is 6.56. The predicted octanol–water partition coefficient (Wildman–Crippen LogP) is 3.33. The maximum absolute atomic E-state index is 6.18. The largest absolute Gasteiger partial charge is 0.327 e. The van der Waals surface area contributed by atoms with Gasteiger partial charge in [-0.25, -0.2) is 0 Å². The van der Waals surface area contributed by atoms with E-state index < -0.39 is 0 Å². The van der Waals surface area contributed by atoms with Gasteiger partial charge in [0.25, 0.3) is 0 Å². The van der Waals surface area contributed by atoms with E-state index in [1.807, 2.05) is 0 Å². The SMILES string of the molecule is CCC1CCC(C2CCCC2N)CC1. The zero-order chi connectivity index (χ0) is 9.97. The lowest BCUT2D eigenvalue weighted by Crippen LogP contribution is -2.32. The Morgan fingerprint density at radius 3 is 2.21 bits per heavy atom. The topological polar surface area (TPSA) is 26.0 Å². The average molecular weight is 195 g/mol. The third-order valence-electron chi connectivity index (χ3n) is 4.70. The molecule has 14 heavy (non-hydrogen) atoms. The second-order valence-corrected chi connectivity index (χ2v) is 5.45. The Kier molecular flexibility index (Phi) is 3.48. The van der Waals surface area contributed by atoms with Crippen LogP contribution in [0.1, 0.15) is 58.3 Å². The van der Waals surface area contributed by atoms with E-state index in [2.05, 4.69) is 6.92 Å². The molecule has 2 aliphatic rings. The van der Waals surface area contributed by atoms with Crippen LogP contribution in [0.3, 0.4) is 0 Å². The highest BCUT2D eigenvalue weighted by Gasteiger charge is 2.33. The molecule has 82 valence electrons. The van der Waals surface area contributed by atoms with Crippen molar-refractivity contribution in [2.24, 2.45) is 23.5 Å². The van der Waals surface area contributed by atoms with Crippen molar-refractivity contribution in [3.8, 4) is 0 Å². The van der Waals surface area contributed by atoms with E-state index in [1.165, 1.54) is 51.4 Å². The Bertz CT molecular complexity index is 170. The van der Waals surface area contributed by atoms with E-state index >= 15 is 0 Å². The van der Waals surface area contributed by atoms with Crippen LogP contribution >= 0.6 is 0 Å². The maximum atomic E-state index is 6.18. The quantitative estimate of drug-likeness (QED) is 0.718. The van der Waals surface area contributed by atoms with Gasteiger partial charge in [0.15, 0.2) is 0 Å². The minimum Gasteiger partial charge on any atom is -0.327 e. The van der Waals surface area contributed by atoms with Crippen LogP contribution in [0, 0.1) is 17.8 Å². The smallest absolute Gasteiger partial charge is 0.00698 e. The Hall–Kier alpha value is -0.0400. The van der Waals surface area contributed by atoms with Crippen LogP contribution < -0.4 is 5.73 Å². The van der Waals surface area contributed by atoms with Crippen molar-refractivity contribution in [1.29, 1.82) is 0 Å². The lowest BCUT2D eigenvalue weighted by atomic mass is 9.73. The van der Waals surface area contributed by atoms with Crippen molar-refractivity contribution >= 4 is 0 Å². The summed E-state index contributed by atoms with van der Waals surface area (Å²) < 4.78 is 0. The molecular weight excluding hydrogens is 170 g/mol. The van der Waals surface area contributed by atoms with Crippen LogP contribution in [-0.4, -0.2) is 6.04 Å². The van der Waals surface area contributed by atoms with Gasteiger partial charge in [0, 0.05) is 6.04 Å². The molecule has 1 nitrogen and oxygen atoms in total. The van der Waals surface area contributed by atoms with Crippen molar-refractivity contribution in [3.63, 3.8) is 0 Å². The van der Waals surface area contributed by atoms with Gasteiger partial charge in [-0.15, -0.1) is 0 Å². The molecule has 0 spiro atoms. The number of nitrogens with two attached hydrogens (primary N) is 1. The van der Waals surface area contributed by atoms with Crippen LogP contribution in [0.2, 0.25) is 0 Å². The number of hydrogen-bond donors (Lipinski definition) is 1. The zero-order valence-electron chi connectivity index (χ0n) is 9.54. The van der Waals surface area contributed by atoms with Crippen molar-refractivity contribution in [2.75, 3.05) is 0 Å². The van der Waals surface area contributed by atoms with Crippen LogP contribution in [0.15, 0.2) is 0 Å². The molecule has 0 aromatic rings. The molecule has 0 aromatic heterocycles. The molecule has 0 bridgehead atoms. The summed E-state index contributed by atoms with van der Waals surface area (Å²) in [6.07, 6.45) is 11.4. The van der Waals surface area contributed by atoms with Gasteiger partial charge in [-0.2, -0.15) is 0 Å². The van der Waals surface area contributed by atoms with Gasteiger partial charge in [0.2, 0.25) is 0 Å². The average Bonchev–Trinajstić information content (AvgIpc) is 2.65. The second-order valence-electron chi connectivity index (χ2n) is 5.45. The molecule has 0 aliphatic heterocycles. The maximum Gasteiger partial charge on any atom is 0.00698 e. The van der Waals surface area contributed by atoms with Crippen molar-refractivity contribution in [2.45, 2.75) is 64.3 Å². The molecule has 1 heteroatoms. The molecule has 2 rings (SSSR count). The van der Waals surface area contributed by atoms with Gasteiger partial charge in [0.1, 0.15) is 0 Å². The summed E-state index contributed by atoms with van der Waals surface area (Å²) in [5.74, 6) is 2.90. The summed E-state index contributed by atoms with van der Waals surface area (Å²) in [5.41, 5.74) is 6.18. The highest BCUT2D eigenvalue weighted by atomic mass is 14.7. The standard InChI is InChI=1S/C13H25N/c1-2-10-6-8-11(9-7-10)12-4-3-5-13(12)14/h10-13H,2-9,14H2,1H3. The number of rotatable bonds is 2. The normalized spacial score (nSPS) is 44.1. The molecule has 0 saturated heterocycles. The van der Waals surface area contributed by atoms with Crippen LogP contribution in [0.25, 0.3) is 0 Å². The van der Waals surface area contributed by atoms with Crippen molar-refractivity contribution < 1.29 is 0 Å². The van der Waals surface area contributed by atoms with Crippen LogP contribution in [-0.2, 0) is 0 Å². The fourth-order valence-corrected chi connectivity index (χ4v) is 3.63. The summed E-state index contributed by atoms with van der Waals surface area (Å²) in [6, 6.07) is 0.540. The third kappa shape index (κ3) is 2.13. The van der Waals surface area contributed by atoms with Gasteiger partial charge in [-0.3, -0.25) is 0 Å². The van der Waals surface area contributed by atoms with Crippen LogP contribution in [0.4, 0.5) is 0 Å². The molecule has 0 amide bonds. The predicted molar refractivity (Wildman–Crippen MR) is 61.1 cm³/mol. The molecular formula is C13H25N. The molecule has 2 unspecified atom stereocenters. The van der Waals surface area contributed by atoms with E-state index in [1.54, 1.807) is 0 Å². The lowest BCUT2D eigenvalue weighted by molar-refractivity contribution is 0.192. The Balaban J connectivity index is 1.82. The summed E-state index contributed by atoms with van der Waals surface area (Å²) in [6.45, 7) is 2.34. The minimum absolute atomic E-state index is 0.540. The highest BCUT2D eigenvalue weighted by molar-refractivity contribution is 4.87. The van der Waals surface area contributed by atoms with E-state index in [-0.39, 0.29) is 0 Å². The fourth-order valence-electron chi connectivity index (χ4n) is 3.63. The lowest BCUT2D eigenvalue weighted by Gasteiger charge is -2.33. The van der Waals surface area contributed by atoms with Crippen molar-refractivity contribution in [3.05, 3.63) is 0 Å². The summed E-state index contributed by atoms with van der Waals surface area (Å²) >= 11 is 0. The van der Waals surface area contributed by atoms with Gasteiger partial charge in [-0.05, 0) is 43.4 Å². The van der Waals surface area contributed by atoms with E-state index in [0.29, 0.717) is 6.04 Å². The zero-order valence-corrected chi connectivity index (χ0v) is 9.54. The summed E-state index contributed by atoms with van der Waals surface area (Å²) in [4.78, 5) is 0. The molecule has 2 saturated carbocycles. The molecule has 0 heterocycles. The minimum atomic E-state index is 0.540. The van der Waals surface area contributed by atoms with Gasteiger partial charge >= 0.3 is 0 Å². The molecule has 2 N–H and O–H groups in total. The fraction of sp³-hybridized carbons (Fsp3) is 1.00. The Morgan fingerprint density at radius 1 is 1.00 bits per heavy atom. The van der Waals surface area contributed by atoms with Gasteiger partial charge in [-0.1, -0.05) is 32.6 Å². The third-order valence-corrected chi connectivity index (χ3v) is 4.70. The van der Waals surface area contributed by atoms with Crippen molar-refractivity contribution in [1.82, 2.24) is 0 Å². The highest BCUT2D eigenvalue weighted by Crippen LogP contribution is 2.40. The number of hydrogen-bond acceptors (Lipinski definition) is 1. The summed E-state index contributed by atoms with van der Waals surface area (Å²) in [5, 5.41) is 0. The molecule has 2 atom stereocenters. The van der Waals surface area contributed by atoms with E-state index in [9.17, 15) is 0 Å². The second kappa shape index (κ2) is 4.65. The van der Waals surface area contributed by atoms with Gasteiger partial charge < -0.3 is 5.73 Å². The van der Waals surface area contributed by atoms with Gasteiger partial charge in [0.05, 0.1) is 0 Å². The van der Waals surface area contributed by atoms with Crippen LogP contribution in [0.5, 0.6) is 0 Å².